The molecule has 84 valence electrons. The fourth-order valence-electron chi connectivity index (χ4n) is 1.90. The fraction of sp³-hybridized carbons (Fsp3) is 0.308. The molecule has 0 aromatic heterocycles. The van der Waals surface area contributed by atoms with E-state index in [-0.39, 0.29) is 11.8 Å². The molecule has 0 saturated heterocycles. The summed E-state index contributed by atoms with van der Waals surface area (Å²) in [7, 11) is 0. The minimum atomic E-state index is 0.0168. The summed E-state index contributed by atoms with van der Waals surface area (Å²) in [5, 5.41) is 0. The average Bonchev–Trinajstić information content (AvgIpc) is 2.39. The summed E-state index contributed by atoms with van der Waals surface area (Å²) < 4.78 is 0. The Morgan fingerprint density at radius 2 is 2.06 bits per heavy atom. The summed E-state index contributed by atoms with van der Waals surface area (Å²) in [6.45, 7) is 1.46. The zero-order chi connectivity index (χ0) is 11.4. The van der Waals surface area contributed by atoms with Gasteiger partial charge in [-0.05, 0) is 17.6 Å². The van der Waals surface area contributed by atoms with E-state index in [1.807, 2.05) is 23.1 Å². The van der Waals surface area contributed by atoms with Gasteiger partial charge in [0.25, 0.3) is 0 Å². The maximum Gasteiger partial charge on any atom is 0.237 e. The number of carbonyl (C=O) groups is 1. The van der Waals surface area contributed by atoms with Crippen molar-refractivity contribution in [1.29, 1.82) is 0 Å². The minimum Gasteiger partial charge on any atom is -0.337 e. The number of carbonyl (C=O) groups excluding carboxylic acids is 1. The highest BCUT2D eigenvalue weighted by Crippen LogP contribution is 2.20. The van der Waals surface area contributed by atoms with E-state index in [1.165, 1.54) is 11.1 Å². The summed E-state index contributed by atoms with van der Waals surface area (Å²) in [6.07, 6.45) is 3.11. The van der Waals surface area contributed by atoms with E-state index in [4.69, 9.17) is 11.6 Å². The molecule has 1 aromatic carbocycles. The SMILES string of the molecule is O=C(CCl)N1CCC=C(c2ccccc2)C1. The summed E-state index contributed by atoms with van der Waals surface area (Å²) in [4.78, 5) is 13.3. The van der Waals surface area contributed by atoms with Gasteiger partial charge in [0.1, 0.15) is 5.88 Å². The average molecular weight is 236 g/mol. The van der Waals surface area contributed by atoms with Crippen LogP contribution in [-0.4, -0.2) is 29.8 Å². The van der Waals surface area contributed by atoms with Gasteiger partial charge in [0, 0.05) is 13.1 Å². The van der Waals surface area contributed by atoms with E-state index in [1.54, 1.807) is 0 Å². The molecule has 0 aliphatic carbocycles. The monoisotopic (exact) mass is 235 g/mol. The van der Waals surface area contributed by atoms with Crippen LogP contribution in [0.4, 0.5) is 0 Å². The van der Waals surface area contributed by atoms with Gasteiger partial charge in [-0.25, -0.2) is 0 Å². The lowest BCUT2D eigenvalue weighted by Gasteiger charge is -2.27. The lowest BCUT2D eigenvalue weighted by atomic mass is 10.0. The maximum atomic E-state index is 11.5. The minimum absolute atomic E-state index is 0.0168. The number of rotatable bonds is 2. The molecule has 0 saturated carbocycles. The zero-order valence-electron chi connectivity index (χ0n) is 9.03. The van der Waals surface area contributed by atoms with Crippen LogP contribution in [0.25, 0.3) is 5.57 Å². The molecule has 2 nitrogen and oxygen atoms in total. The first kappa shape index (κ1) is 11.2. The number of nitrogens with zero attached hydrogens (tertiary/aromatic N) is 1. The summed E-state index contributed by atoms with van der Waals surface area (Å²) in [6, 6.07) is 10.2. The van der Waals surface area contributed by atoms with Crippen molar-refractivity contribution < 1.29 is 4.79 Å². The Balaban J connectivity index is 2.13. The largest absolute Gasteiger partial charge is 0.337 e. The molecule has 3 heteroatoms. The van der Waals surface area contributed by atoms with Gasteiger partial charge in [-0.1, -0.05) is 36.4 Å². The fourth-order valence-corrected chi connectivity index (χ4v) is 2.07. The molecule has 1 amide bonds. The molecule has 1 aliphatic heterocycles. The molecule has 1 aromatic rings. The van der Waals surface area contributed by atoms with E-state index in [0.29, 0.717) is 6.54 Å². The Morgan fingerprint density at radius 1 is 1.31 bits per heavy atom. The molecule has 0 atom stereocenters. The van der Waals surface area contributed by atoms with Gasteiger partial charge in [-0.2, -0.15) is 0 Å². The van der Waals surface area contributed by atoms with Crippen molar-refractivity contribution in [3.8, 4) is 0 Å². The standard InChI is InChI=1S/C13H14ClNO/c14-9-13(16)15-8-4-7-12(10-15)11-5-2-1-3-6-11/h1-3,5-7H,4,8-10H2. The van der Waals surface area contributed by atoms with Gasteiger partial charge in [0.05, 0.1) is 0 Å². The van der Waals surface area contributed by atoms with Crippen molar-refractivity contribution in [3.05, 3.63) is 42.0 Å². The summed E-state index contributed by atoms with van der Waals surface area (Å²) in [5.41, 5.74) is 2.40. The molecule has 0 spiro atoms. The van der Waals surface area contributed by atoms with Gasteiger partial charge >= 0.3 is 0 Å². The molecule has 0 fully saturated rings. The van der Waals surface area contributed by atoms with Crippen molar-refractivity contribution in [2.45, 2.75) is 6.42 Å². The third-order valence-electron chi connectivity index (χ3n) is 2.76. The normalized spacial score (nSPS) is 15.8. The Morgan fingerprint density at radius 3 is 2.75 bits per heavy atom. The van der Waals surface area contributed by atoms with E-state index >= 15 is 0 Å². The van der Waals surface area contributed by atoms with Crippen molar-refractivity contribution in [3.63, 3.8) is 0 Å². The van der Waals surface area contributed by atoms with Crippen LogP contribution >= 0.6 is 11.6 Å². The number of hydrogen-bond donors (Lipinski definition) is 0. The van der Waals surface area contributed by atoms with Crippen LogP contribution in [0.3, 0.4) is 0 Å². The van der Waals surface area contributed by atoms with Gasteiger partial charge in [-0.3, -0.25) is 4.79 Å². The Kier molecular flexibility index (Phi) is 3.62. The zero-order valence-corrected chi connectivity index (χ0v) is 9.78. The van der Waals surface area contributed by atoms with Crippen LogP contribution in [0, 0.1) is 0 Å². The highest BCUT2D eigenvalue weighted by atomic mass is 35.5. The van der Waals surface area contributed by atoms with Crippen LogP contribution in [-0.2, 0) is 4.79 Å². The number of hydrogen-bond acceptors (Lipinski definition) is 1. The topological polar surface area (TPSA) is 20.3 Å². The third-order valence-corrected chi connectivity index (χ3v) is 2.99. The summed E-state index contributed by atoms with van der Waals surface area (Å²) in [5.74, 6) is 0.0883. The number of alkyl halides is 1. The van der Waals surface area contributed by atoms with Crippen molar-refractivity contribution in [2.24, 2.45) is 0 Å². The molecular weight excluding hydrogens is 222 g/mol. The van der Waals surface area contributed by atoms with Crippen molar-refractivity contribution >= 4 is 23.1 Å². The van der Waals surface area contributed by atoms with Gasteiger partial charge < -0.3 is 4.90 Å². The predicted octanol–water partition coefficient (Wildman–Crippen LogP) is 2.54. The lowest BCUT2D eigenvalue weighted by Crippen LogP contribution is -2.36. The summed E-state index contributed by atoms with van der Waals surface area (Å²) >= 11 is 5.57. The highest BCUT2D eigenvalue weighted by Gasteiger charge is 2.17. The van der Waals surface area contributed by atoms with Crippen LogP contribution in [0.2, 0.25) is 0 Å². The van der Waals surface area contributed by atoms with E-state index in [0.717, 1.165) is 13.0 Å². The van der Waals surface area contributed by atoms with Gasteiger partial charge in [-0.15, -0.1) is 11.6 Å². The second-order valence-electron chi connectivity index (χ2n) is 3.83. The lowest BCUT2D eigenvalue weighted by molar-refractivity contribution is -0.127. The van der Waals surface area contributed by atoms with E-state index in [2.05, 4.69) is 18.2 Å². The second-order valence-corrected chi connectivity index (χ2v) is 4.10. The number of halogens is 1. The predicted molar refractivity (Wildman–Crippen MR) is 66.3 cm³/mol. The van der Waals surface area contributed by atoms with Crippen LogP contribution in [0.15, 0.2) is 36.4 Å². The smallest absolute Gasteiger partial charge is 0.237 e. The van der Waals surface area contributed by atoms with Crippen molar-refractivity contribution in [2.75, 3.05) is 19.0 Å². The first-order valence-corrected chi connectivity index (χ1v) is 5.93. The first-order chi connectivity index (χ1) is 7.81. The molecule has 0 N–H and O–H groups in total. The Bertz CT molecular complexity index is 400. The van der Waals surface area contributed by atoms with Crippen molar-refractivity contribution in [1.82, 2.24) is 4.90 Å². The van der Waals surface area contributed by atoms with Crippen LogP contribution < -0.4 is 0 Å². The second kappa shape index (κ2) is 5.17. The van der Waals surface area contributed by atoms with E-state index in [9.17, 15) is 4.79 Å². The third kappa shape index (κ3) is 2.45. The molecule has 0 radical (unpaired) electrons. The molecule has 0 bridgehead atoms. The van der Waals surface area contributed by atoms with Gasteiger partial charge in [0.15, 0.2) is 0 Å². The highest BCUT2D eigenvalue weighted by molar-refractivity contribution is 6.27. The quantitative estimate of drug-likeness (QED) is 0.722. The Labute approximate surface area is 101 Å². The first-order valence-electron chi connectivity index (χ1n) is 5.39. The molecular formula is C13H14ClNO. The van der Waals surface area contributed by atoms with E-state index < -0.39 is 0 Å². The molecule has 2 rings (SSSR count). The van der Waals surface area contributed by atoms with Crippen LogP contribution in [0.1, 0.15) is 12.0 Å². The molecule has 0 unspecified atom stereocenters. The number of amides is 1. The molecule has 1 heterocycles. The van der Waals surface area contributed by atoms with Gasteiger partial charge in [0.2, 0.25) is 5.91 Å². The number of benzene rings is 1. The maximum absolute atomic E-state index is 11.5. The Hall–Kier alpha value is -1.28. The molecule has 16 heavy (non-hydrogen) atoms. The molecule has 1 aliphatic rings. The van der Waals surface area contributed by atoms with Crippen LogP contribution in [0.5, 0.6) is 0 Å².